The van der Waals surface area contributed by atoms with Crippen LogP contribution in [0.3, 0.4) is 0 Å². The first kappa shape index (κ1) is 26.7. The van der Waals surface area contributed by atoms with Gasteiger partial charge in [-0.3, -0.25) is 0 Å². The molecule has 0 spiro atoms. The van der Waals surface area contributed by atoms with E-state index in [2.05, 4.69) is 17.4 Å². The number of hydrogen-bond donors (Lipinski definition) is 2. The van der Waals surface area contributed by atoms with Crippen LogP contribution < -0.4 is 5.32 Å². The molecule has 0 saturated heterocycles. The van der Waals surface area contributed by atoms with E-state index in [1.165, 1.54) is 0 Å². The third-order valence-electron chi connectivity index (χ3n) is 7.42. The summed E-state index contributed by atoms with van der Waals surface area (Å²) in [7, 11) is 0. The van der Waals surface area contributed by atoms with Crippen molar-refractivity contribution in [3.8, 4) is 33.6 Å². The average molecular weight is 547 g/mol. The molecule has 6 rings (SSSR count). The van der Waals surface area contributed by atoms with Gasteiger partial charge in [0.05, 0.1) is 22.5 Å². The van der Waals surface area contributed by atoms with E-state index >= 15 is 0 Å². The molecule has 0 unspecified atom stereocenters. The first-order valence-corrected chi connectivity index (χ1v) is 13.9. The Kier molecular flexibility index (Phi) is 6.42. The molecule has 0 radical (unpaired) electrons. The second-order valence-electron chi connectivity index (χ2n) is 12.2. The molecular weight excluding hydrogens is 512 g/mol. The highest BCUT2D eigenvalue weighted by molar-refractivity contribution is 5.82. The zero-order chi connectivity index (χ0) is 28.8. The third kappa shape index (κ3) is 5.45. The molecule has 1 aliphatic carbocycles. The van der Waals surface area contributed by atoms with Crippen LogP contribution in [0.4, 0.5) is 4.79 Å². The predicted octanol–water partition coefficient (Wildman–Crippen LogP) is 7.00. The third-order valence-corrected chi connectivity index (χ3v) is 7.42. The molecule has 7 heteroatoms. The van der Waals surface area contributed by atoms with Crippen molar-refractivity contribution in [1.29, 1.82) is 0 Å². The van der Waals surface area contributed by atoms with E-state index < -0.39 is 22.8 Å². The van der Waals surface area contributed by atoms with Gasteiger partial charge in [-0.2, -0.15) is 5.10 Å². The van der Waals surface area contributed by atoms with Crippen molar-refractivity contribution in [2.75, 3.05) is 0 Å². The highest BCUT2D eigenvalue weighted by atomic mass is 16.6. The number of amides is 1. The Morgan fingerprint density at radius 3 is 2.10 bits per heavy atom. The van der Waals surface area contributed by atoms with Gasteiger partial charge in [0.2, 0.25) is 0 Å². The SMILES string of the molecule is CC1(O)CC(NC(=O)OC(C)(C)C)(c2ccc(-c3nc4cc(-c5ccccc5)nn4cc3-c3ccccc3)cc2)C1. The Morgan fingerprint density at radius 1 is 0.902 bits per heavy atom. The summed E-state index contributed by atoms with van der Waals surface area (Å²) in [4.78, 5) is 17.8. The molecule has 208 valence electrons. The summed E-state index contributed by atoms with van der Waals surface area (Å²) in [5, 5.41) is 18.5. The number of rotatable bonds is 5. The number of aromatic nitrogens is 3. The Bertz CT molecular complexity index is 1690. The van der Waals surface area contributed by atoms with E-state index in [-0.39, 0.29) is 0 Å². The monoisotopic (exact) mass is 546 g/mol. The number of ether oxygens (including phenoxy) is 1. The Labute approximate surface area is 239 Å². The van der Waals surface area contributed by atoms with Crippen LogP contribution in [-0.4, -0.2) is 37.0 Å². The normalized spacial score (nSPS) is 20.4. The lowest BCUT2D eigenvalue weighted by Gasteiger charge is -2.52. The minimum absolute atomic E-state index is 0.399. The van der Waals surface area contributed by atoms with Gasteiger partial charge in [-0.25, -0.2) is 14.3 Å². The fourth-order valence-corrected chi connectivity index (χ4v) is 5.78. The molecule has 2 heterocycles. The Morgan fingerprint density at radius 2 is 1.51 bits per heavy atom. The van der Waals surface area contributed by atoms with E-state index in [0.29, 0.717) is 12.8 Å². The van der Waals surface area contributed by atoms with Crippen LogP contribution in [0.15, 0.2) is 97.2 Å². The Balaban J connectivity index is 1.40. The van der Waals surface area contributed by atoms with Crippen LogP contribution in [0.2, 0.25) is 0 Å². The van der Waals surface area contributed by atoms with Crippen LogP contribution >= 0.6 is 0 Å². The van der Waals surface area contributed by atoms with Crippen molar-refractivity contribution in [3.63, 3.8) is 0 Å². The van der Waals surface area contributed by atoms with Crippen LogP contribution in [0.25, 0.3) is 39.3 Å². The van der Waals surface area contributed by atoms with Gasteiger partial charge in [0.25, 0.3) is 0 Å². The summed E-state index contributed by atoms with van der Waals surface area (Å²) in [5.74, 6) is 0. The fourth-order valence-electron chi connectivity index (χ4n) is 5.78. The highest BCUT2D eigenvalue weighted by Gasteiger charge is 2.53. The number of benzene rings is 3. The molecule has 1 aliphatic rings. The lowest BCUT2D eigenvalue weighted by Crippen LogP contribution is -2.62. The van der Waals surface area contributed by atoms with Gasteiger partial charge in [-0.1, -0.05) is 84.9 Å². The predicted molar refractivity (Wildman–Crippen MR) is 160 cm³/mol. The van der Waals surface area contributed by atoms with Gasteiger partial charge >= 0.3 is 6.09 Å². The first-order chi connectivity index (χ1) is 19.5. The number of hydrogen-bond acceptors (Lipinski definition) is 5. The van der Waals surface area contributed by atoms with Gasteiger partial charge in [0.15, 0.2) is 5.65 Å². The minimum atomic E-state index is -0.862. The molecule has 5 aromatic rings. The van der Waals surface area contributed by atoms with Crippen LogP contribution in [0, 0.1) is 0 Å². The van der Waals surface area contributed by atoms with Crippen molar-refractivity contribution >= 4 is 11.7 Å². The summed E-state index contributed by atoms with van der Waals surface area (Å²) in [5.41, 5.74) is 5.14. The summed E-state index contributed by atoms with van der Waals surface area (Å²) >= 11 is 0. The molecule has 41 heavy (non-hydrogen) atoms. The number of fused-ring (bicyclic) bond motifs is 1. The molecule has 0 aliphatic heterocycles. The van der Waals surface area contributed by atoms with Crippen LogP contribution in [0.1, 0.15) is 46.1 Å². The zero-order valence-corrected chi connectivity index (χ0v) is 23.8. The summed E-state index contributed by atoms with van der Waals surface area (Å²) in [6, 6.07) is 30.3. The molecule has 2 aromatic heterocycles. The molecule has 1 saturated carbocycles. The molecule has 1 fully saturated rings. The maximum absolute atomic E-state index is 12.7. The molecule has 0 atom stereocenters. The average Bonchev–Trinajstić information content (AvgIpc) is 3.34. The topological polar surface area (TPSA) is 88.8 Å². The van der Waals surface area contributed by atoms with Crippen molar-refractivity contribution in [1.82, 2.24) is 19.9 Å². The lowest BCUT2D eigenvalue weighted by molar-refractivity contribution is -0.0892. The van der Waals surface area contributed by atoms with E-state index in [1.807, 2.05) is 110 Å². The van der Waals surface area contributed by atoms with Crippen molar-refractivity contribution < 1.29 is 14.6 Å². The summed E-state index contributed by atoms with van der Waals surface area (Å²) in [6.45, 7) is 7.30. The maximum atomic E-state index is 12.7. The van der Waals surface area contributed by atoms with E-state index in [1.54, 1.807) is 6.92 Å². The quantitative estimate of drug-likeness (QED) is 0.248. The summed E-state index contributed by atoms with van der Waals surface area (Å²) < 4.78 is 7.37. The summed E-state index contributed by atoms with van der Waals surface area (Å²) in [6.07, 6.45) is 2.33. The molecule has 3 aromatic carbocycles. The second kappa shape index (κ2) is 9.85. The van der Waals surface area contributed by atoms with Crippen LogP contribution in [0.5, 0.6) is 0 Å². The number of aliphatic hydroxyl groups is 1. The van der Waals surface area contributed by atoms with Crippen molar-refractivity contribution in [2.45, 2.75) is 57.3 Å². The van der Waals surface area contributed by atoms with Crippen molar-refractivity contribution in [3.05, 3.63) is 103 Å². The minimum Gasteiger partial charge on any atom is -0.444 e. The number of carbonyl (C=O) groups excluding carboxylic acids is 1. The van der Waals surface area contributed by atoms with Gasteiger partial charge in [-0.15, -0.1) is 0 Å². The number of nitrogens with zero attached hydrogens (tertiary/aromatic N) is 3. The fraction of sp³-hybridized carbons (Fsp3) is 0.265. The smallest absolute Gasteiger partial charge is 0.408 e. The standard InChI is InChI=1S/C34H34N4O3/c1-32(2,3)41-31(39)36-34(21-33(4,40)22-34)26-17-15-25(16-18-26)30-27(23-11-7-5-8-12-23)20-38-29(35-30)19-28(37-38)24-13-9-6-10-14-24/h5-20,40H,21-22H2,1-4H3,(H,36,39). The molecule has 0 bridgehead atoms. The maximum Gasteiger partial charge on any atom is 0.408 e. The first-order valence-electron chi connectivity index (χ1n) is 13.9. The van der Waals surface area contributed by atoms with E-state index in [9.17, 15) is 9.90 Å². The van der Waals surface area contributed by atoms with Gasteiger partial charge < -0.3 is 15.2 Å². The lowest BCUT2D eigenvalue weighted by atomic mass is 9.62. The molecule has 7 nitrogen and oxygen atoms in total. The van der Waals surface area contributed by atoms with Gasteiger partial charge in [0, 0.05) is 41.8 Å². The van der Waals surface area contributed by atoms with Gasteiger partial charge in [0.1, 0.15) is 5.60 Å². The number of nitrogens with one attached hydrogen (secondary N) is 1. The molecular formula is C34H34N4O3. The van der Waals surface area contributed by atoms with Gasteiger partial charge in [-0.05, 0) is 38.8 Å². The van der Waals surface area contributed by atoms with E-state index in [4.69, 9.17) is 14.8 Å². The Hall–Kier alpha value is -4.49. The highest BCUT2D eigenvalue weighted by Crippen LogP contribution is 2.48. The van der Waals surface area contributed by atoms with E-state index in [0.717, 1.165) is 44.9 Å². The second-order valence-corrected chi connectivity index (χ2v) is 12.2. The largest absolute Gasteiger partial charge is 0.444 e. The number of carbonyl (C=O) groups is 1. The molecule has 2 N–H and O–H groups in total. The van der Waals surface area contributed by atoms with Crippen molar-refractivity contribution in [2.24, 2.45) is 0 Å². The zero-order valence-electron chi connectivity index (χ0n) is 23.8. The molecule has 1 amide bonds. The number of alkyl carbamates (subject to hydrolysis) is 1. The van der Waals surface area contributed by atoms with Crippen LogP contribution in [-0.2, 0) is 10.3 Å².